The zero-order valence-corrected chi connectivity index (χ0v) is 21.0. The summed E-state index contributed by atoms with van der Waals surface area (Å²) >= 11 is 0. The summed E-state index contributed by atoms with van der Waals surface area (Å²) in [4.78, 5) is 7.04. The molecule has 0 fully saturated rings. The van der Waals surface area contributed by atoms with Crippen LogP contribution in [-0.2, 0) is 12.8 Å². The molecule has 0 atom stereocenters. The summed E-state index contributed by atoms with van der Waals surface area (Å²) in [6.07, 6.45) is 3.39. The van der Waals surface area contributed by atoms with E-state index in [-0.39, 0.29) is 0 Å². The van der Waals surface area contributed by atoms with Crippen molar-refractivity contribution in [1.29, 1.82) is 0 Å². The number of likely N-dealkylation sites (N-methyl/N-ethyl adjacent to an activating group) is 2. The van der Waals surface area contributed by atoms with Gasteiger partial charge in [-0.05, 0) is 107 Å². The minimum atomic E-state index is 0.977. The van der Waals surface area contributed by atoms with Gasteiger partial charge in [0, 0.05) is 44.6 Å². The van der Waals surface area contributed by atoms with Crippen LogP contribution in [0.5, 0.6) is 0 Å². The van der Waals surface area contributed by atoms with Crippen LogP contribution in [0.25, 0.3) is 0 Å². The first kappa shape index (κ1) is 25.2. The molecular weight excluding hydrogens is 380 g/mol. The van der Waals surface area contributed by atoms with Gasteiger partial charge in [-0.1, -0.05) is 19.1 Å². The SMILES string of the molecule is CCc1ccc(N(C)CCCN(C)CCc2ccc(NCCN(C)C)cc2C)cc1C. The molecule has 1 N–H and O–H groups in total. The average molecular weight is 425 g/mol. The average Bonchev–Trinajstić information content (AvgIpc) is 2.72. The van der Waals surface area contributed by atoms with E-state index in [0.29, 0.717) is 0 Å². The predicted octanol–water partition coefficient (Wildman–Crippen LogP) is 4.84. The number of nitrogens with one attached hydrogen (secondary N) is 1. The minimum Gasteiger partial charge on any atom is -0.384 e. The van der Waals surface area contributed by atoms with Gasteiger partial charge in [-0.2, -0.15) is 0 Å². The highest BCUT2D eigenvalue weighted by Gasteiger charge is 2.06. The van der Waals surface area contributed by atoms with Gasteiger partial charge in [0.15, 0.2) is 0 Å². The molecule has 0 saturated heterocycles. The lowest BCUT2D eigenvalue weighted by atomic mass is 10.0. The summed E-state index contributed by atoms with van der Waals surface area (Å²) in [5.74, 6) is 0. The minimum absolute atomic E-state index is 0.977. The molecule has 0 amide bonds. The van der Waals surface area contributed by atoms with E-state index in [9.17, 15) is 0 Å². The highest BCUT2D eigenvalue weighted by Crippen LogP contribution is 2.19. The molecule has 0 saturated carbocycles. The molecule has 172 valence electrons. The standard InChI is InChI=1S/C27H44N4/c1-8-24-11-13-27(21-23(24)3)31(7)17-9-16-30(6)18-14-25-10-12-26(20-22(25)2)28-15-19-29(4)5/h10-13,20-21,28H,8-9,14-19H2,1-7H3. The Bertz CT molecular complexity index is 800. The lowest BCUT2D eigenvalue weighted by Gasteiger charge is -2.23. The summed E-state index contributed by atoms with van der Waals surface area (Å²) in [6, 6.07) is 13.7. The van der Waals surface area contributed by atoms with E-state index < -0.39 is 0 Å². The van der Waals surface area contributed by atoms with Gasteiger partial charge in [-0.15, -0.1) is 0 Å². The molecule has 0 spiro atoms. The van der Waals surface area contributed by atoms with E-state index in [1.165, 1.54) is 40.0 Å². The topological polar surface area (TPSA) is 21.8 Å². The fourth-order valence-corrected chi connectivity index (χ4v) is 3.95. The lowest BCUT2D eigenvalue weighted by molar-refractivity contribution is 0.334. The van der Waals surface area contributed by atoms with Gasteiger partial charge < -0.3 is 20.0 Å². The highest BCUT2D eigenvalue weighted by molar-refractivity contribution is 5.50. The third-order valence-electron chi connectivity index (χ3n) is 6.17. The first-order chi connectivity index (χ1) is 14.8. The fourth-order valence-electron chi connectivity index (χ4n) is 3.95. The zero-order chi connectivity index (χ0) is 22.8. The third-order valence-corrected chi connectivity index (χ3v) is 6.17. The molecule has 0 aromatic heterocycles. The van der Waals surface area contributed by atoms with Crippen LogP contribution in [0.1, 0.15) is 35.6 Å². The first-order valence-electron chi connectivity index (χ1n) is 11.8. The van der Waals surface area contributed by atoms with Crippen LogP contribution in [0.2, 0.25) is 0 Å². The maximum atomic E-state index is 3.51. The molecule has 31 heavy (non-hydrogen) atoms. The van der Waals surface area contributed by atoms with Gasteiger partial charge >= 0.3 is 0 Å². The highest BCUT2D eigenvalue weighted by atomic mass is 15.1. The normalized spacial score (nSPS) is 11.4. The molecule has 2 rings (SSSR count). The van der Waals surface area contributed by atoms with Crippen LogP contribution < -0.4 is 10.2 Å². The van der Waals surface area contributed by atoms with Crippen LogP contribution in [0.15, 0.2) is 36.4 Å². The van der Waals surface area contributed by atoms with E-state index in [2.05, 4.69) is 105 Å². The van der Waals surface area contributed by atoms with Crippen molar-refractivity contribution in [2.24, 2.45) is 0 Å². The summed E-state index contributed by atoms with van der Waals surface area (Å²) in [5.41, 5.74) is 8.24. The number of nitrogens with zero attached hydrogens (tertiary/aromatic N) is 3. The van der Waals surface area contributed by atoms with E-state index >= 15 is 0 Å². The number of anilines is 2. The number of benzene rings is 2. The van der Waals surface area contributed by atoms with Gasteiger partial charge in [0.05, 0.1) is 0 Å². The molecule has 4 heteroatoms. The van der Waals surface area contributed by atoms with Crippen LogP contribution in [0.4, 0.5) is 11.4 Å². The van der Waals surface area contributed by atoms with Crippen molar-refractivity contribution in [3.05, 3.63) is 58.7 Å². The molecule has 0 aliphatic carbocycles. The van der Waals surface area contributed by atoms with Crippen molar-refractivity contribution in [3.63, 3.8) is 0 Å². The quantitative estimate of drug-likeness (QED) is 0.497. The smallest absolute Gasteiger partial charge is 0.0366 e. The second-order valence-electron chi connectivity index (χ2n) is 9.16. The monoisotopic (exact) mass is 424 g/mol. The number of rotatable bonds is 13. The summed E-state index contributed by atoms with van der Waals surface area (Å²) < 4.78 is 0. The Balaban J connectivity index is 1.73. The van der Waals surface area contributed by atoms with Gasteiger partial charge in [-0.25, -0.2) is 0 Å². The van der Waals surface area contributed by atoms with Crippen LogP contribution in [0.3, 0.4) is 0 Å². The molecule has 0 unspecified atom stereocenters. The van der Waals surface area contributed by atoms with Gasteiger partial charge in [0.1, 0.15) is 0 Å². The summed E-state index contributed by atoms with van der Waals surface area (Å²) in [7, 11) is 8.66. The first-order valence-corrected chi connectivity index (χ1v) is 11.8. The Hall–Kier alpha value is -2.04. The van der Waals surface area contributed by atoms with Crippen molar-refractivity contribution < 1.29 is 0 Å². The summed E-state index contributed by atoms with van der Waals surface area (Å²) in [5, 5.41) is 3.51. The molecule has 0 heterocycles. The van der Waals surface area contributed by atoms with Crippen LogP contribution in [0, 0.1) is 13.8 Å². The third kappa shape index (κ3) is 8.54. The van der Waals surface area contributed by atoms with Crippen molar-refractivity contribution in [2.75, 3.05) is 71.1 Å². The maximum absolute atomic E-state index is 3.51. The molecule has 2 aromatic rings. The van der Waals surface area contributed by atoms with Crippen LogP contribution >= 0.6 is 0 Å². The molecule has 0 aliphatic heterocycles. The second kappa shape index (κ2) is 12.7. The Morgan fingerprint density at radius 2 is 1.48 bits per heavy atom. The Kier molecular flexibility index (Phi) is 10.4. The number of hydrogen-bond donors (Lipinski definition) is 1. The zero-order valence-electron chi connectivity index (χ0n) is 21.0. The van der Waals surface area contributed by atoms with Crippen molar-refractivity contribution >= 4 is 11.4 Å². The van der Waals surface area contributed by atoms with E-state index in [1.807, 2.05) is 0 Å². The number of aryl methyl sites for hydroxylation is 3. The summed E-state index contributed by atoms with van der Waals surface area (Å²) in [6.45, 7) is 12.0. The van der Waals surface area contributed by atoms with Gasteiger partial charge in [0.2, 0.25) is 0 Å². The molecule has 0 bridgehead atoms. The van der Waals surface area contributed by atoms with Gasteiger partial charge in [0.25, 0.3) is 0 Å². The van der Waals surface area contributed by atoms with Crippen molar-refractivity contribution in [1.82, 2.24) is 9.80 Å². The van der Waals surface area contributed by atoms with E-state index in [1.54, 1.807) is 0 Å². The Labute approximate surface area is 191 Å². The van der Waals surface area contributed by atoms with Gasteiger partial charge in [-0.3, -0.25) is 0 Å². The second-order valence-corrected chi connectivity index (χ2v) is 9.16. The molecule has 0 aliphatic rings. The van der Waals surface area contributed by atoms with Crippen LogP contribution in [-0.4, -0.2) is 70.7 Å². The van der Waals surface area contributed by atoms with E-state index in [4.69, 9.17) is 0 Å². The number of hydrogen-bond acceptors (Lipinski definition) is 4. The molecule has 4 nitrogen and oxygen atoms in total. The fraction of sp³-hybridized carbons (Fsp3) is 0.556. The largest absolute Gasteiger partial charge is 0.384 e. The Morgan fingerprint density at radius 1 is 0.774 bits per heavy atom. The lowest BCUT2D eigenvalue weighted by Crippen LogP contribution is -2.27. The van der Waals surface area contributed by atoms with E-state index in [0.717, 1.165) is 45.6 Å². The van der Waals surface area contributed by atoms with Crippen molar-refractivity contribution in [2.45, 2.75) is 40.0 Å². The molecule has 2 aromatic carbocycles. The predicted molar refractivity (Wildman–Crippen MR) is 138 cm³/mol. The maximum Gasteiger partial charge on any atom is 0.0366 e. The Morgan fingerprint density at radius 3 is 2.13 bits per heavy atom. The van der Waals surface area contributed by atoms with Crippen molar-refractivity contribution in [3.8, 4) is 0 Å². The molecule has 0 radical (unpaired) electrons. The molecular formula is C27H44N4.